The molecular weight excluding hydrogens is 262 g/mol. The maximum atomic E-state index is 5.47. The van der Waals surface area contributed by atoms with Gasteiger partial charge < -0.3 is 10.1 Å². The van der Waals surface area contributed by atoms with E-state index in [1.165, 1.54) is 0 Å². The molecule has 2 rings (SSSR count). The van der Waals surface area contributed by atoms with Gasteiger partial charge in [-0.25, -0.2) is 9.97 Å². The summed E-state index contributed by atoms with van der Waals surface area (Å²) in [5.74, 6) is 2.60. The van der Waals surface area contributed by atoms with Crippen molar-refractivity contribution in [1.29, 1.82) is 0 Å². The summed E-state index contributed by atoms with van der Waals surface area (Å²) in [5, 5.41) is 3.39. The van der Waals surface area contributed by atoms with Crippen molar-refractivity contribution in [3.8, 4) is 17.0 Å². The summed E-state index contributed by atoms with van der Waals surface area (Å²) in [4.78, 5) is 9.31. The standard InChI is InChI=1S/C17H23N3O/c1-5-11-18-17-12(3)16(19-15(6-2)20-17)13-9-7-8-10-14(13)21-4/h7-10H,5-6,11H2,1-4H3,(H,18,19,20). The topological polar surface area (TPSA) is 47.0 Å². The SMILES string of the molecule is CCCNc1nc(CC)nc(-c2ccccc2OC)c1C. The predicted octanol–water partition coefficient (Wildman–Crippen LogP) is 3.84. The van der Waals surface area contributed by atoms with Gasteiger partial charge in [-0.05, 0) is 25.5 Å². The summed E-state index contributed by atoms with van der Waals surface area (Å²) in [6.45, 7) is 7.18. The smallest absolute Gasteiger partial charge is 0.133 e. The second kappa shape index (κ2) is 7.07. The van der Waals surface area contributed by atoms with E-state index in [0.717, 1.165) is 53.6 Å². The Morgan fingerprint density at radius 1 is 1.14 bits per heavy atom. The molecule has 0 radical (unpaired) electrons. The van der Waals surface area contributed by atoms with Crippen molar-refractivity contribution in [3.63, 3.8) is 0 Å². The van der Waals surface area contributed by atoms with Crippen molar-refractivity contribution in [1.82, 2.24) is 9.97 Å². The first-order valence-electron chi connectivity index (χ1n) is 7.46. The van der Waals surface area contributed by atoms with Gasteiger partial charge in [0.15, 0.2) is 0 Å². The van der Waals surface area contributed by atoms with E-state index in [2.05, 4.69) is 31.1 Å². The van der Waals surface area contributed by atoms with Gasteiger partial charge in [0.25, 0.3) is 0 Å². The minimum atomic E-state index is 0.809. The highest BCUT2D eigenvalue weighted by molar-refractivity contribution is 5.73. The zero-order chi connectivity index (χ0) is 15.2. The van der Waals surface area contributed by atoms with E-state index in [9.17, 15) is 0 Å². The van der Waals surface area contributed by atoms with Crippen molar-refractivity contribution in [2.45, 2.75) is 33.6 Å². The monoisotopic (exact) mass is 285 g/mol. The van der Waals surface area contributed by atoms with Gasteiger partial charge in [0.1, 0.15) is 17.4 Å². The second-order valence-electron chi connectivity index (χ2n) is 4.94. The molecule has 0 bridgehead atoms. The van der Waals surface area contributed by atoms with Gasteiger partial charge in [-0.15, -0.1) is 0 Å². The van der Waals surface area contributed by atoms with Crippen LogP contribution in [0.4, 0.5) is 5.82 Å². The van der Waals surface area contributed by atoms with Gasteiger partial charge in [0, 0.05) is 24.1 Å². The molecule has 0 atom stereocenters. The molecule has 0 aliphatic carbocycles. The highest BCUT2D eigenvalue weighted by atomic mass is 16.5. The lowest BCUT2D eigenvalue weighted by Gasteiger charge is -2.15. The fourth-order valence-electron chi connectivity index (χ4n) is 2.24. The molecule has 21 heavy (non-hydrogen) atoms. The zero-order valence-corrected chi connectivity index (χ0v) is 13.2. The summed E-state index contributed by atoms with van der Waals surface area (Å²) in [6, 6.07) is 7.97. The number of rotatable bonds is 6. The average Bonchev–Trinajstić information content (AvgIpc) is 2.54. The molecule has 0 aliphatic rings. The normalized spacial score (nSPS) is 10.5. The van der Waals surface area contributed by atoms with Crippen molar-refractivity contribution < 1.29 is 4.74 Å². The van der Waals surface area contributed by atoms with Gasteiger partial charge in [0.2, 0.25) is 0 Å². The van der Waals surface area contributed by atoms with E-state index in [0.29, 0.717) is 0 Å². The molecule has 1 aromatic carbocycles. The van der Waals surface area contributed by atoms with Crippen molar-refractivity contribution in [3.05, 3.63) is 35.7 Å². The number of aryl methyl sites for hydroxylation is 1. The van der Waals surface area contributed by atoms with Crippen LogP contribution in [0, 0.1) is 6.92 Å². The van der Waals surface area contributed by atoms with Crippen LogP contribution in [0.25, 0.3) is 11.3 Å². The largest absolute Gasteiger partial charge is 0.496 e. The molecule has 0 spiro atoms. The first-order valence-corrected chi connectivity index (χ1v) is 7.46. The fourth-order valence-corrected chi connectivity index (χ4v) is 2.24. The third-order valence-corrected chi connectivity index (χ3v) is 3.41. The molecule has 0 amide bonds. The number of ether oxygens (including phenoxy) is 1. The molecule has 0 saturated heterocycles. The summed E-state index contributed by atoms with van der Waals surface area (Å²) in [7, 11) is 1.69. The minimum absolute atomic E-state index is 0.809. The molecular formula is C17H23N3O. The van der Waals surface area contributed by atoms with Crippen LogP contribution >= 0.6 is 0 Å². The van der Waals surface area contributed by atoms with E-state index in [1.807, 2.05) is 24.3 Å². The number of benzene rings is 1. The number of anilines is 1. The van der Waals surface area contributed by atoms with E-state index in [1.54, 1.807) is 7.11 Å². The molecule has 1 N–H and O–H groups in total. The number of nitrogens with one attached hydrogen (secondary N) is 1. The maximum Gasteiger partial charge on any atom is 0.133 e. The third-order valence-electron chi connectivity index (χ3n) is 3.41. The van der Waals surface area contributed by atoms with Crippen molar-refractivity contribution >= 4 is 5.82 Å². The van der Waals surface area contributed by atoms with Crippen LogP contribution in [0.15, 0.2) is 24.3 Å². The van der Waals surface area contributed by atoms with Crippen LogP contribution in [0.1, 0.15) is 31.7 Å². The van der Waals surface area contributed by atoms with E-state index >= 15 is 0 Å². The first kappa shape index (κ1) is 15.3. The molecule has 1 aromatic heterocycles. The first-order chi connectivity index (χ1) is 10.2. The third kappa shape index (κ3) is 3.32. The minimum Gasteiger partial charge on any atom is -0.496 e. The summed E-state index contributed by atoms with van der Waals surface area (Å²) >= 11 is 0. The lowest BCUT2D eigenvalue weighted by molar-refractivity contribution is 0.416. The molecule has 4 heteroatoms. The Bertz CT molecular complexity index is 611. The van der Waals surface area contributed by atoms with Gasteiger partial charge in [-0.1, -0.05) is 26.0 Å². The van der Waals surface area contributed by atoms with E-state index in [-0.39, 0.29) is 0 Å². The molecule has 0 saturated carbocycles. The fraction of sp³-hybridized carbons (Fsp3) is 0.412. The van der Waals surface area contributed by atoms with Crippen LogP contribution in [0.5, 0.6) is 5.75 Å². The molecule has 112 valence electrons. The molecule has 2 aromatic rings. The van der Waals surface area contributed by atoms with Crippen LogP contribution in [0.3, 0.4) is 0 Å². The Balaban J connectivity index is 2.56. The quantitative estimate of drug-likeness (QED) is 0.876. The molecule has 0 unspecified atom stereocenters. The molecule has 1 heterocycles. The lowest BCUT2D eigenvalue weighted by atomic mass is 10.1. The van der Waals surface area contributed by atoms with E-state index in [4.69, 9.17) is 9.72 Å². The van der Waals surface area contributed by atoms with Crippen LogP contribution in [-0.4, -0.2) is 23.6 Å². The Labute approximate surface area is 126 Å². The summed E-state index contributed by atoms with van der Waals surface area (Å²) in [6.07, 6.45) is 1.87. The van der Waals surface area contributed by atoms with E-state index < -0.39 is 0 Å². The number of para-hydroxylation sites is 1. The van der Waals surface area contributed by atoms with Gasteiger partial charge >= 0.3 is 0 Å². The Hall–Kier alpha value is -2.10. The number of nitrogens with zero attached hydrogens (tertiary/aromatic N) is 2. The number of hydrogen-bond donors (Lipinski definition) is 1. The Morgan fingerprint density at radius 3 is 2.57 bits per heavy atom. The zero-order valence-electron chi connectivity index (χ0n) is 13.2. The average molecular weight is 285 g/mol. The molecule has 4 nitrogen and oxygen atoms in total. The Morgan fingerprint density at radius 2 is 1.90 bits per heavy atom. The Kier molecular flexibility index (Phi) is 5.14. The summed E-state index contributed by atoms with van der Waals surface area (Å²) in [5.41, 5.74) is 3.01. The number of methoxy groups -OCH3 is 1. The van der Waals surface area contributed by atoms with Crippen LogP contribution < -0.4 is 10.1 Å². The second-order valence-corrected chi connectivity index (χ2v) is 4.94. The van der Waals surface area contributed by atoms with Crippen molar-refractivity contribution in [2.24, 2.45) is 0 Å². The van der Waals surface area contributed by atoms with Crippen LogP contribution in [0.2, 0.25) is 0 Å². The van der Waals surface area contributed by atoms with Crippen molar-refractivity contribution in [2.75, 3.05) is 19.0 Å². The molecule has 0 fully saturated rings. The maximum absolute atomic E-state index is 5.47. The summed E-state index contributed by atoms with van der Waals surface area (Å²) < 4.78 is 5.47. The highest BCUT2D eigenvalue weighted by Crippen LogP contribution is 2.32. The van der Waals surface area contributed by atoms with Gasteiger partial charge in [0.05, 0.1) is 12.8 Å². The van der Waals surface area contributed by atoms with Gasteiger partial charge in [-0.2, -0.15) is 0 Å². The van der Waals surface area contributed by atoms with Gasteiger partial charge in [-0.3, -0.25) is 0 Å². The molecule has 0 aliphatic heterocycles. The number of hydrogen-bond acceptors (Lipinski definition) is 4. The predicted molar refractivity (Wildman–Crippen MR) is 86.9 cm³/mol. The number of aromatic nitrogens is 2. The highest BCUT2D eigenvalue weighted by Gasteiger charge is 2.14. The lowest BCUT2D eigenvalue weighted by Crippen LogP contribution is -2.09. The van der Waals surface area contributed by atoms with Crippen LogP contribution in [-0.2, 0) is 6.42 Å².